The van der Waals surface area contributed by atoms with Gasteiger partial charge in [-0.1, -0.05) is 0 Å². The third-order valence-corrected chi connectivity index (χ3v) is 3.38. The van der Waals surface area contributed by atoms with Gasteiger partial charge in [0.05, 0.1) is 5.92 Å². The number of hydrogen-bond donors (Lipinski definition) is 2. The van der Waals surface area contributed by atoms with Crippen LogP contribution in [0.25, 0.3) is 0 Å². The fourth-order valence-corrected chi connectivity index (χ4v) is 2.28. The fourth-order valence-electron chi connectivity index (χ4n) is 2.28. The van der Waals surface area contributed by atoms with E-state index < -0.39 is 5.97 Å². The molecule has 1 fully saturated rings. The Morgan fingerprint density at radius 1 is 1.42 bits per heavy atom. The molecule has 0 radical (unpaired) electrons. The first kappa shape index (κ1) is 13.7. The van der Waals surface area contributed by atoms with Crippen LogP contribution < -0.4 is 5.32 Å². The van der Waals surface area contributed by atoms with Crippen molar-refractivity contribution in [3.63, 3.8) is 0 Å². The van der Waals surface area contributed by atoms with Crippen molar-refractivity contribution in [3.8, 4) is 0 Å². The molecule has 0 aliphatic carbocycles. The van der Waals surface area contributed by atoms with Crippen LogP contribution in [0, 0.1) is 5.92 Å². The number of anilines is 1. The summed E-state index contributed by atoms with van der Waals surface area (Å²) in [5.74, 6) is -0.197. The zero-order chi connectivity index (χ0) is 13.7. The van der Waals surface area contributed by atoms with Gasteiger partial charge in [0, 0.05) is 31.0 Å². The van der Waals surface area contributed by atoms with Gasteiger partial charge >= 0.3 is 5.97 Å². The number of aromatic nitrogens is 2. The van der Waals surface area contributed by atoms with Gasteiger partial charge < -0.3 is 10.4 Å². The molecular formula is C13H20N4O2. The number of nitrogens with zero attached hydrogens (tertiary/aromatic N) is 3. The highest BCUT2D eigenvalue weighted by Gasteiger charge is 2.24. The Balaban J connectivity index is 1.83. The molecule has 0 aromatic carbocycles. The van der Waals surface area contributed by atoms with Gasteiger partial charge in [-0.25, -0.2) is 9.97 Å². The van der Waals surface area contributed by atoms with Crippen LogP contribution in [0.15, 0.2) is 12.4 Å². The first-order chi connectivity index (χ1) is 9.19. The smallest absolute Gasteiger partial charge is 0.306 e. The minimum absolute atomic E-state index is 0.177. The van der Waals surface area contributed by atoms with Crippen molar-refractivity contribution in [2.75, 3.05) is 25.0 Å². The van der Waals surface area contributed by atoms with Crippen LogP contribution in [0.3, 0.4) is 0 Å². The summed E-state index contributed by atoms with van der Waals surface area (Å²) in [6, 6.07) is 0. The van der Waals surface area contributed by atoms with Crippen LogP contribution in [0.2, 0.25) is 0 Å². The summed E-state index contributed by atoms with van der Waals surface area (Å²) in [5.41, 5.74) is 1.07. The van der Waals surface area contributed by atoms with E-state index in [2.05, 4.69) is 20.2 Å². The monoisotopic (exact) mass is 264 g/mol. The second-order valence-corrected chi connectivity index (χ2v) is 4.83. The zero-order valence-corrected chi connectivity index (χ0v) is 11.2. The summed E-state index contributed by atoms with van der Waals surface area (Å²) in [6.45, 7) is 5.25. The molecule has 0 atom stereocenters. The average Bonchev–Trinajstić information content (AvgIpc) is 2.42. The Hall–Kier alpha value is -1.69. The number of carbonyl (C=O) groups is 1. The van der Waals surface area contributed by atoms with Gasteiger partial charge in [0.1, 0.15) is 0 Å². The molecule has 1 saturated heterocycles. The third kappa shape index (κ3) is 3.89. The molecule has 104 valence electrons. The van der Waals surface area contributed by atoms with E-state index >= 15 is 0 Å². The van der Waals surface area contributed by atoms with Crippen LogP contribution in [0.1, 0.15) is 25.3 Å². The second kappa shape index (κ2) is 6.47. The lowest BCUT2D eigenvalue weighted by Crippen LogP contribution is -2.35. The standard InChI is InChI=1S/C13H20N4O2/c1-2-14-13-15-7-10(8-16-13)9-17-5-3-11(4-6-17)12(18)19/h7-8,11H,2-6,9H2,1H3,(H,18,19)(H,14,15,16). The molecule has 0 unspecified atom stereocenters. The quantitative estimate of drug-likeness (QED) is 0.832. The van der Waals surface area contributed by atoms with Gasteiger partial charge in [-0.15, -0.1) is 0 Å². The van der Waals surface area contributed by atoms with Gasteiger partial charge in [0.2, 0.25) is 5.95 Å². The van der Waals surface area contributed by atoms with E-state index in [1.54, 1.807) is 0 Å². The van der Waals surface area contributed by atoms with Crippen molar-refractivity contribution >= 4 is 11.9 Å². The summed E-state index contributed by atoms with van der Waals surface area (Å²) < 4.78 is 0. The first-order valence-electron chi connectivity index (χ1n) is 6.69. The van der Waals surface area contributed by atoms with Crippen molar-refractivity contribution in [1.29, 1.82) is 0 Å². The van der Waals surface area contributed by atoms with E-state index in [0.29, 0.717) is 5.95 Å². The number of piperidine rings is 1. The molecule has 0 bridgehead atoms. The van der Waals surface area contributed by atoms with Gasteiger partial charge in [-0.05, 0) is 32.9 Å². The maximum Gasteiger partial charge on any atom is 0.306 e. The highest BCUT2D eigenvalue weighted by Crippen LogP contribution is 2.18. The van der Waals surface area contributed by atoms with Gasteiger partial charge in [0.25, 0.3) is 0 Å². The molecule has 1 aliphatic heterocycles. The molecule has 0 saturated carbocycles. The molecule has 2 N–H and O–H groups in total. The molecule has 6 heteroatoms. The number of nitrogens with one attached hydrogen (secondary N) is 1. The minimum Gasteiger partial charge on any atom is -0.481 e. The molecular weight excluding hydrogens is 244 g/mol. The maximum absolute atomic E-state index is 10.9. The Morgan fingerprint density at radius 2 is 2.05 bits per heavy atom. The molecule has 2 heterocycles. The van der Waals surface area contributed by atoms with E-state index in [0.717, 1.165) is 44.6 Å². The van der Waals surface area contributed by atoms with Gasteiger partial charge in [-0.2, -0.15) is 0 Å². The lowest BCUT2D eigenvalue weighted by molar-refractivity contribution is -0.143. The summed E-state index contributed by atoms with van der Waals surface area (Å²) in [5, 5.41) is 12.0. The van der Waals surface area contributed by atoms with Gasteiger partial charge in [-0.3, -0.25) is 9.69 Å². The summed E-state index contributed by atoms with van der Waals surface area (Å²) in [6.07, 6.45) is 5.11. The van der Waals surface area contributed by atoms with Crippen LogP contribution >= 0.6 is 0 Å². The molecule has 1 aromatic rings. The number of hydrogen-bond acceptors (Lipinski definition) is 5. The molecule has 1 aliphatic rings. The fraction of sp³-hybridized carbons (Fsp3) is 0.615. The van der Waals surface area contributed by atoms with Crippen molar-refractivity contribution in [1.82, 2.24) is 14.9 Å². The second-order valence-electron chi connectivity index (χ2n) is 4.83. The zero-order valence-electron chi connectivity index (χ0n) is 11.2. The normalized spacial score (nSPS) is 17.3. The summed E-state index contributed by atoms with van der Waals surface area (Å²) in [7, 11) is 0. The highest BCUT2D eigenvalue weighted by atomic mass is 16.4. The van der Waals surface area contributed by atoms with Crippen LogP contribution in [0.4, 0.5) is 5.95 Å². The SMILES string of the molecule is CCNc1ncc(CN2CCC(C(=O)O)CC2)cn1. The Bertz CT molecular complexity index is 413. The van der Waals surface area contributed by atoms with Crippen LogP contribution in [-0.2, 0) is 11.3 Å². The van der Waals surface area contributed by atoms with Crippen molar-refractivity contribution in [2.24, 2.45) is 5.92 Å². The van der Waals surface area contributed by atoms with Crippen LogP contribution in [-0.4, -0.2) is 45.6 Å². The number of carboxylic acids is 1. The molecule has 19 heavy (non-hydrogen) atoms. The van der Waals surface area contributed by atoms with E-state index in [1.165, 1.54) is 0 Å². The van der Waals surface area contributed by atoms with E-state index in [9.17, 15) is 4.79 Å². The Labute approximate surface area is 112 Å². The van der Waals surface area contributed by atoms with Crippen molar-refractivity contribution in [2.45, 2.75) is 26.3 Å². The molecule has 6 nitrogen and oxygen atoms in total. The predicted molar refractivity (Wildman–Crippen MR) is 71.8 cm³/mol. The minimum atomic E-state index is -0.669. The summed E-state index contributed by atoms with van der Waals surface area (Å²) >= 11 is 0. The van der Waals surface area contributed by atoms with Gasteiger partial charge in [0.15, 0.2) is 0 Å². The van der Waals surface area contributed by atoms with Crippen LogP contribution in [0.5, 0.6) is 0 Å². The number of rotatable bonds is 5. The Morgan fingerprint density at radius 3 is 2.58 bits per heavy atom. The molecule has 2 rings (SSSR count). The number of aliphatic carboxylic acids is 1. The third-order valence-electron chi connectivity index (χ3n) is 3.38. The topological polar surface area (TPSA) is 78.4 Å². The van der Waals surface area contributed by atoms with E-state index in [1.807, 2.05) is 19.3 Å². The van der Waals surface area contributed by atoms with Crippen molar-refractivity contribution in [3.05, 3.63) is 18.0 Å². The lowest BCUT2D eigenvalue weighted by atomic mass is 9.97. The number of likely N-dealkylation sites (tertiary alicyclic amines) is 1. The highest BCUT2D eigenvalue weighted by molar-refractivity contribution is 5.70. The first-order valence-corrected chi connectivity index (χ1v) is 6.69. The molecule has 0 amide bonds. The molecule has 0 spiro atoms. The maximum atomic E-state index is 10.9. The Kier molecular flexibility index (Phi) is 4.68. The summed E-state index contributed by atoms with van der Waals surface area (Å²) in [4.78, 5) is 21.6. The van der Waals surface area contributed by atoms with E-state index in [-0.39, 0.29) is 5.92 Å². The van der Waals surface area contributed by atoms with Crippen molar-refractivity contribution < 1.29 is 9.90 Å². The molecule has 1 aromatic heterocycles. The van der Waals surface area contributed by atoms with E-state index in [4.69, 9.17) is 5.11 Å². The average molecular weight is 264 g/mol. The number of carboxylic acid groups (broad SMARTS) is 1. The largest absolute Gasteiger partial charge is 0.481 e. The lowest BCUT2D eigenvalue weighted by Gasteiger charge is -2.29. The predicted octanol–water partition coefficient (Wildman–Crippen LogP) is 1.20.